The largest absolute Gasteiger partial charge is 0.379 e. The van der Waals surface area contributed by atoms with E-state index in [0.717, 1.165) is 11.1 Å². The molecule has 0 saturated carbocycles. The van der Waals surface area contributed by atoms with E-state index in [9.17, 15) is 13.2 Å². The second-order valence-corrected chi connectivity index (χ2v) is 9.67. The summed E-state index contributed by atoms with van der Waals surface area (Å²) in [5.74, 6) is -0.184. The van der Waals surface area contributed by atoms with Crippen molar-refractivity contribution in [2.75, 3.05) is 33.4 Å². The zero-order valence-corrected chi connectivity index (χ0v) is 18.7. The summed E-state index contributed by atoms with van der Waals surface area (Å²) in [6, 6.07) is 16.1. The Morgan fingerprint density at radius 2 is 1.72 bits per heavy atom. The van der Waals surface area contributed by atoms with E-state index in [0.29, 0.717) is 45.0 Å². The lowest BCUT2D eigenvalue weighted by atomic mass is 10.2. The molecule has 1 aromatic heterocycles. The molecule has 0 unspecified atom stereocenters. The summed E-state index contributed by atoms with van der Waals surface area (Å²) in [5.41, 5.74) is 2.51. The van der Waals surface area contributed by atoms with Crippen LogP contribution in [0, 0.1) is 0 Å². The van der Waals surface area contributed by atoms with Gasteiger partial charge in [-0.1, -0.05) is 30.3 Å². The zero-order valence-electron chi connectivity index (χ0n) is 17.9. The van der Waals surface area contributed by atoms with Gasteiger partial charge >= 0.3 is 0 Å². The van der Waals surface area contributed by atoms with E-state index in [1.165, 1.54) is 16.4 Å². The minimum atomic E-state index is -3.58. The third kappa shape index (κ3) is 5.07. The Morgan fingerprint density at radius 1 is 1.03 bits per heavy atom. The van der Waals surface area contributed by atoms with Gasteiger partial charge in [0.2, 0.25) is 10.0 Å². The summed E-state index contributed by atoms with van der Waals surface area (Å²) in [5, 5.41) is 4.38. The van der Waals surface area contributed by atoms with Crippen molar-refractivity contribution in [1.82, 2.24) is 19.0 Å². The van der Waals surface area contributed by atoms with Crippen LogP contribution in [0.1, 0.15) is 21.5 Å². The number of amides is 1. The van der Waals surface area contributed by atoms with E-state index < -0.39 is 10.0 Å². The van der Waals surface area contributed by atoms with E-state index in [2.05, 4.69) is 5.10 Å². The fourth-order valence-corrected chi connectivity index (χ4v) is 5.02. The van der Waals surface area contributed by atoms with Gasteiger partial charge in [-0.05, 0) is 29.8 Å². The molecule has 0 bridgehead atoms. The number of carbonyl (C=O) groups excluding carboxylic acids is 1. The van der Waals surface area contributed by atoms with Gasteiger partial charge < -0.3 is 9.64 Å². The second-order valence-electron chi connectivity index (χ2n) is 7.73. The predicted octanol–water partition coefficient (Wildman–Crippen LogP) is 2.22. The van der Waals surface area contributed by atoms with Crippen LogP contribution in [-0.4, -0.2) is 66.7 Å². The van der Waals surface area contributed by atoms with Gasteiger partial charge in [0.1, 0.15) is 0 Å². The van der Waals surface area contributed by atoms with E-state index >= 15 is 0 Å². The Labute approximate surface area is 188 Å². The first-order valence-corrected chi connectivity index (χ1v) is 11.9. The van der Waals surface area contributed by atoms with Gasteiger partial charge in [-0.2, -0.15) is 9.40 Å². The molecule has 2 heterocycles. The maximum atomic E-state index is 12.8. The number of carbonyl (C=O) groups is 1. The van der Waals surface area contributed by atoms with Crippen LogP contribution in [0.3, 0.4) is 0 Å². The molecular formula is C23H26N4O4S. The average Bonchev–Trinajstić information content (AvgIpc) is 3.26. The Kier molecular flexibility index (Phi) is 6.69. The van der Waals surface area contributed by atoms with Crippen molar-refractivity contribution in [3.05, 3.63) is 83.7 Å². The average molecular weight is 455 g/mol. The van der Waals surface area contributed by atoms with Crippen molar-refractivity contribution in [3.8, 4) is 0 Å². The minimum Gasteiger partial charge on any atom is -0.379 e. The van der Waals surface area contributed by atoms with Crippen LogP contribution in [0.5, 0.6) is 0 Å². The maximum Gasteiger partial charge on any atom is 0.253 e. The van der Waals surface area contributed by atoms with Crippen LogP contribution in [0.4, 0.5) is 0 Å². The summed E-state index contributed by atoms with van der Waals surface area (Å²) in [6.07, 6.45) is 3.68. The van der Waals surface area contributed by atoms with E-state index in [1.54, 1.807) is 30.3 Å². The van der Waals surface area contributed by atoms with Crippen molar-refractivity contribution in [1.29, 1.82) is 0 Å². The standard InChI is InChI=1S/C23H26N4O4S/c1-25(16-20-15-24-26(18-20)17-19-5-3-2-4-6-19)23(28)21-7-9-22(10-8-21)32(29,30)27-11-13-31-14-12-27/h2-10,15,18H,11-14,16-17H2,1H3. The van der Waals surface area contributed by atoms with Gasteiger partial charge in [0.05, 0.1) is 30.9 Å². The highest BCUT2D eigenvalue weighted by Crippen LogP contribution is 2.18. The van der Waals surface area contributed by atoms with Gasteiger partial charge in [-0.3, -0.25) is 9.48 Å². The summed E-state index contributed by atoms with van der Waals surface area (Å²) in [4.78, 5) is 14.6. The Balaban J connectivity index is 1.39. The molecule has 0 N–H and O–H groups in total. The predicted molar refractivity (Wildman–Crippen MR) is 120 cm³/mol. The molecule has 2 aromatic carbocycles. The zero-order chi connectivity index (χ0) is 22.6. The quantitative estimate of drug-likeness (QED) is 0.547. The number of hydrogen-bond donors (Lipinski definition) is 0. The SMILES string of the molecule is CN(Cc1cnn(Cc2ccccc2)c1)C(=O)c1ccc(S(=O)(=O)N2CCOCC2)cc1. The highest BCUT2D eigenvalue weighted by molar-refractivity contribution is 7.89. The number of ether oxygens (including phenoxy) is 1. The van der Waals surface area contributed by atoms with Gasteiger partial charge in [-0.15, -0.1) is 0 Å². The molecule has 0 aliphatic carbocycles. The van der Waals surface area contributed by atoms with Crippen LogP contribution in [0.25, 0.3) is 0 Å². The number of morpholine rings is 1. The van der Waals surface area contributed by atoms with Crippen molar-refractivity contribution in [3.63, 3.8) is 0 Å². The van der Waals surface area contributed by atoms with Crippen molar-refractivity contribution < 1.29 is 17.9 Å². The van der Waals surface area contributed by atoms with Crippen molar-refractivity contribution in [2.24, 2.45) is 0 Å². The highest BCUT2D eigenvalue weighted by Gasteiger charge is 2.26. The minimum absolute atomic E-state index is 0.181. The lowest BCUT2D eigenvalue weighted by Crippen LogP contribution is -2.40. The van der Waals surface area contributed by atoms with E-state index in [-0.39, 0.29) is 10.8 Å². The van der Waals surface area contributed by atoms with Crippen LogP contribution >= 0.6 is 0 Å². The normalized spacial score (nSPS) is 14.9. The van der Waals surface area contributed by atoms with Crippen molar-refractivity contribution in [2.45, 2.75) is 18.0 Å². The second kappa shape index (κ2) is 9.64. The van der Waals surface area contributed by atoms with Gasteiger partial charge in [0.15, 0.2) is 0 Å². The fraction of sp³-hybridized carbons (Fsp3) is 0.304. The lowest BCUT2D eigenvalue weighted by Gasteiger charge is -2.26. The van der Waals surface area contributed by atoms with Crippen LogP contribution in [-0.2, 0) is 27.8 Å². The number of nitrogens with zero attached hydrogens (tertiary/aromatic N) is 4. The number of rotatable bonds is 7. The highest BCUT2D eigenvalue weighted by atomic mass is 32.2. The van der Waals surface area contributed by atoms with Gasteiger partial charge in [-0.25, -0.2) is 8.42 Å². The summed E-state index contributed by atoms with van der Waals surface area (Å²) in [7, 11) is -1.86. The molecule has 1 aliphatic heterocycles. The first kappa shape index (κ1) is 22.2. The Hall–Kier alpha value is -3.01. The molecule has 9 heteroatoms. The molecule has 3 aromatic rings. The first-order valence-electron chi connectivity index (χ1n) is 10.4. The molecule has 0 radical (unpaired) electrons. The van der Waals surface area contributed by atoms with Gasteiger partial charge in [0, 0.05) is 44.0 Å². The summed E-state index contributed by atoms with van der Waals surface area (Å²) >= 11 is 0. The number of hydrogen-bond acceptors (Lipinski definition) is 5. The molecular weight excluding hydrogens is 428 g/mol. The molecule has 1 fully saturated rings. The molecule has 0 atom stereocenters. The van der Waals surface area contributed by atoms with Crippen molar-refractivity contribution >= 4 is 15.9 Å². The maximum absolute atomic E-state index is 12.8. The summed E-state index contributed by atoms with van der Waals surface area (Å²) < 4.78 is 34.0. The molecule has 0 spiro atoms. The van der Waals surface area contributed by atoms with Crippen LogP contribution in [0.15, 0.2) is 71.9 Å². The fourth-order valence-electron chi connectivity index (χ4n) is 3.62. The molecule has 168 valence electrons. The topological polar surface area (TPSA) is 84.7 Å². The molecule has 4 rings (SSSR count). The lowest BCUT2D eigenvalue weighted by molar-refractivity contribution is 0.0730. The Bertz CT molecular complexity index is 1150. The van der Waals surface area contributed by atoms with Crippen LogP contribution in [0.2, 0.25) is 0 Å². The first-order chi connectivity index (χ1) is 15.4. The Morgan fingerprint density at radius 3 is 2.41 bits per heavy atom. The monoisotopic (exact) mass is 454 g/mol. The number of aromatic nitrogens is 2. The van der Waals surface area contributed by atoms with E-state index in [1.807, 2.05) is 41.2 Å². The molecule has 32 heavy (non-hydrogen) atoms. The van der Waals surface area contributed by atoms with E-state index in [4.69, 9.17) is 4.74 Å². The molecule has 8 nitrogen and oxygen atoms in total. The molecule has 1 amide bonds. The molecule has 1 aliphatic rings. The summed E-state index contributed by atoms with van der Waals surface area (Å²) in [6.45, 7) is 2.53. The smallest absolute Gasteiger partial charge is 0.253 e. The number of sulfonamides is 1. The number of benzene rings is 2. The third-order valence-corrected chi connectivity index (χ3v) is 7.26. The third-order valence-electron chi connectivity index (χ3n) is 5.35. The molecule has 1 saturated heterocycles. The van der Waals surface area contributed by atoms with Crippen LogP contribution < -0.4 is 0 Å². The van der Waals surface area contributed by atoms with Gasteiger partial charge in [0.25, 0.3) is 5.91 Å².